The van der Waals surface area contributed by atoms with Crippen LogP contribution in [0.25, 0.3) is 11.2 Å². The van der Waals surface area contributed by atoms with E-state index >= 15 is 0 Å². The quantitative estimate of drug-likeness (QED) is 0.659. The molecule has 148 valence electrons. The zero-order valence-electron chi connectivity index (χ0n) is 14.6. The number of piperazine rings is 1. The predicted octanol–water partition coefficient (Wildman–Crippen LogP) is 3.44. The lowest BCUT2D eigenvalue weighted by atomic mass is 10.1. The van der Waals surface area contributed by atoms with Crippen LogP contribution < -0.4 is 10.7 Å². The summed E-state index contributed by atoms with van der Waals surface area (Å²) in [6.07, 6.45) is -2.91. The molecule has 4 rings (SSSR count). The van der Waals surface area contributed by atoms with Crippen LogP contribution in [0.2, 0.25) is 5.02 Å². The van der Waals surface area contributed by atoms with Crippen LogP contribution in [-0.4, -0.2) is 40.6 Å². The van der Waals surface area contributed by atoms with Gasteiger partial charge in [-0.05, 0) is 30.3 Å². The van der Waals surface area contributed by atoms with Gasteiger partial charge in [-0.1, -0.05) is 11.6 Å². The Kier molecular flexibility index (Phi) is 4.80. The highest BCUT2D eigenvalue weighted by atomic mass is 35.5. The molecular weight excluding hydrogens is 397 g/mol. The molecular formula is C18H16ClF3N4O2. The van der Waals surface area contributed by atoms with Crippen molar-refractivity contribution in [3.05, 3.63) is 57.7 Å². The molecule has 1 saturated heterocycles. The molecule has 0 bridgehead atoms. The Labute approximate surface area is 162 Å². The van der Waals surface area contributed by atoms with Crippen molar-refractivity contribution in [3.63, 3.8) is 0 Å². The Morgan fingerprint density at radius 3 is 2.61 bits per heavy atom. The maximum absolute atomic E-state index is 13.1. The summed E-state index contributed by atoms with van der Waals surface area (Å²) in [5.41, 5.74) is 0.537. The minimum Gasteiger partial charge on any atom is -0.406 e. The number of hydrogen-bond acceptors (Lipinski definition) is 5. The normalized spacial score (nSPS) is 16.1. The Hall–Kier alpha value is -2.52. The topological polar surface area (TPSA) is 54.5 Å². The van der Waals surface area contributed by atoms with Crippen molar-refractivity contribution in [3.8, 4) is 0 Å². The first kappa shape index (κ1) is 18.8. The smallest absolute Gasteiger partial charge is 0.406 e. The van der Waals surface area contributed by atoms with Gasteiger partial charge in [0.2, 0.25) is 0 Å². The molecule has 0 amide bonds. The lowest BCUT2D eigenvalue weighted by molar-refractivity contribution is -0.137. The summed E-state index contributed by atoms with van der Waals surface area (Å²) >= 11 is 5.69. The van der Waals surface area contributed by atoms with Crippen molar-refractivity contribution in [2.24, 2.45) is 0 Å². The van der Waals surface area contributed by atoms with Crippen LogP contribution in [-0.2, 0) is 12.8 Å². The van der Waals surface area contributed by atoms with Crippen LogP contribution in [0.3, 0.4) is 0 Å². The number of alkyl halides is 3. The summed E-state index contributed by atoms with van der Waals surface area (Å²) in [6, 6.07) is 7.31. The lowest BCUT2D eigenvalue weighted by Gasteiger charge is -2.36. The van der Waals surface area contributed by atoms with Crippen molar-refractivity contribution in [1.82, 2.24) is 14.5 Å². The monoisotopic (exact) mass is 412 g/mol. The first-order chi connectivity index (χ1) is 13.3. The number of fused-ring (bicyclic) bond motifs is 1. The first-order valence-electron chi connectivity index (χ1n) is 8.61. The number of rotatable bonds is 3. The zero-order valence-corrected chi connectivity index (χ0v) is 15.4. The Balaban J connectivity index is 1.47. The van der Waals surface area contributed by atoms with E-state index in [0.29, 0.717) is 49.8 Å². The molecule has 1 aliphatic rings. The van der Waals surface area contributed by atoms with Gasteiger partial charge in [0.1, 0.15) is 0 Å². The molecule has 0 radical (unpaired) electrons. The molecule has 0 aliphatic carbocycles. The van der Waals surface area contributed by atoms with Crippen molar-refractivity contribution in [1.29, 1.82) is 0 Å². The van der Waals surface area contributed by atoms with Gasteiger partial charge in [-0.15, -0.1) is 0 Å². The fraction of sp³-hybridized carbons (Fsp3) is 0.333. The number of halogens is 4. The average molecular weight is 413 g/mol. The molecule has 28 heavy (non-hydrogen) atoms. The third kappa shape index (κ3) is 3.59. The van der Waals surface area contributed by atoms with Gasteiger partial charge in [0, 0.05) is 38.1 Å². The standard InChI is InChI=1S/C18H16ClF3N4O2/c19-14-4-3-12(10-13(14)18(20,21)22)25-8-6-24(7-9-25)11-26-16-15(28-17(26)27)2-1-5-23-16/h1-5,10H,6-9,11H2. The minimum atomic E-state index is -4.49. The van der Waals surface area contributed by atoms with Gasteiger partial charge < -0.3 is 9.32 Å². The van der Waals surface area contributed by atoms with E-state index in [9.17, 15) is 18.0 Å². The third-order valence-corrected chi connectivity index (χ3v) is 5.09. The van der Waals surface area contributed by atoms with E-state index in [2.05, 4.69) is 4.98 Å². The molecule has 3 aromatic rings. The number of aromatic nitrogens is 2. The molecule has 3 heterocycles. The van der Waals surface area contributed by atoms with Gasteiger partial charge in [0.15, 0.2) is 11.2 Å². The van der Waals surface area contributed by atoms with Crippen LogP contribution in [0.5, 0.6) is 0 Å². The molecule has 1 aliphatic heterocycles. The minimum absolute atomic E-state index is 0.311. The second kappa shape index (κ2) is 7.14. The number of pyridine rings is 1. The molecule has 0 N–H and O–H groups in total. The number of benzene rings is 1. The fourth-order valence-electron chi connectivity index (χ4n) is 3.30. The SMILES string of the molecule is O=c1oc2cccnc2n1CN1CCN(c2ccc(Cl)c(C(F)(F)F)c2)CC1. The van der Waals surface area contributed by atoms with Gasteiger partial charge in [-0.25, -0.2) is 14.3 Å². The number of oxazole rings is 1. The average Bonchev–Trinajstić information content (AvgIpc) is 2.97. The second-order valence-electron chi connectivity index (χ2n) is 6.53. The number of anilines is 1. The van der Waals surface area contributed by atoms with E-state index in [1.165, 1.54) is 10.6 Å². The van der Waals surface area contributed by atoms with Crippen LogP contribution in [0.1, 0.15) is 5.56 Å². The molecule has 6 nitrogen and oxygen atoms in total. The molecule has 0 atom stereocenters. The fourth-order valence-corrected chi connectivity index (χ4v) is 3.52. The molecule has 0 spiro atoms. The molecule has 0 saturated carbocycles. The molecule has 2 aromatic heterocycles. The zero-order chi connectivity index (χ0) is 19.9. The van der Waals surface area contributed by atoms with Gasteiger partial charge in [0.05, 0.1) is 17.3 Å². The van der Waals surface area contributed by atoms with Gasteiger partial charge >= 0.3 is 11.9 Å². The van der Waals surface area contributed by atoms with Gasteiger partial charge in [0.25, 0.3) is 0 Å². The number of nitrogens with zero attached hydrogens (tertiary/aromatic N) is 4. The highest BCUT2D eigenvalue weighted by Gasteiger charge is 2.34. The third-order valence-electron chi connectivity index (χ3n) is 4.76. The van der Waals surface area contributed by atoms with Gasteiger partial charge in [-0.2, -0.15) is 13.2 Å². The Morgan fingerprint density at radius 2 is 1.89 bits per heavy atom. The van der Waals surface area contributed by atoms with E-state index < -0.39 is 17.5 Å². The van der Waals surface area contributed by atoms with Crippen LogP contribution >= 0.6 is 11.6 Å². The molecule has 10 heteroatoms. The first-order valence-corrected chi connectivity index (χ1v) is 8.99. The number of hydrogen-bond donors (Lipinski definition) is 0. The van der Waals surface area contributed by atoms with Gasteiger partial charge in [-0.3, -0.25) is 4.90 Å². The van der Waals surface area contributed by atoms with Crippen molar-refractivity contribution in [2.45, 2.75) is 12.8 Å². The Bertz CT molecular complexity index is 1050. The van der Waals surface area contributed by atoms with E-state index in [-0.39, 0.29) is 5.02 Å². The van der Waals surface area contributed by atoms with E-state index in [1.54, 1.807) is 24.4 Å². The van der Waals surface area contributed by atoms with Crippen molar-refractivity contribution >= 4 is 28.5 Å². The summed E-state index contributed by atoms with van der Waals surface area (Å²) in [5, 5.41) is -0.311. The summed E-state index contributed by atoms with van der Waals surface area (Å²) in [4.78, 5) is 20.1. The molecule has 1 aromatic carbocycles. The maximum atomic E-state index is 13.1. The molecule has 1 fully saturated rings. The van der Waals surface area contributed by atoms with Crippen LogP contribution in [0.15, 0.2) is 45.7 Å². The van der Waals surface area contributed by atoms with Crippen molar-refractivity contribution < 1.29 is 17.6 Å². The molecule has 0 unspecified atom stereocenters. The summed E-state index contributed by atoms with van der Waals surface area (Å²) < 4.78 is 45.9. The largest absolute Gasteiger partial charge is 0.422 e. The van der Waals surface area contributed by atoms with Crippen molar-refractivity contribution in [2.75, 3.05) is 31.1 Å². The lowest BCUT2D eigenvalue weighted by Crippen LogP contribution is -2.47. The van der Waals surface area contributed by atoms with E-state index in [4.69, 9.17) is 16.0 Å². The Morgan fingerprint density at radius 1 is 1.14 bits per heavy atom. The summed E-state index contributed by atoms with van der Waals surface area (Å²) in [6.45, 7) is 2.52. The van der Waals surface area contributed by atoms with E-state index in [1.807, 2.05) is 9.80 Å². The van der Waals surface area contributed by atoms with E-state index in [0.717, 1.165) is 6.07 Å². The van der Waals surface area contributed by atoms with Crippen LogP contribution in [0.4, 0.5) is 18.9 Å². The summed E-state index contributed by atoms with van der Waals surface area (Å²) in [5.74, 6) is -0.483. The highest BCUT2D eigenvalue weighted by molar-refractivity contribution is 6.31. The predicted molar refractivity (Wildman–Crippen MR) is 98.5 cm³/mol. The summed E-state index contributed by atoms with van der Waals surface area (Å²) in [7, 11) is 0. The van der Waals surface area contributed by atoms with Crippen LogP contribution in [0, 0.1) is 0 Å². The highest BCUT2D eigenvalue weighted by Crippen LogP contribution is 2.37. The maximum Gasteiger partial charge on any atom is 0.422 e. The second-order valence-corrected chi connectivity index (χ2v) is 6.94.